The lowest BCUT2D eigenvalue weighted by atomic mass is 10.0. The zero-order valence-electron chi connectivity index (χ0n) is 14.1. The fourth-order valence-corrected chi connectivity index (χ4v) is 2.93. The highest BCUT2D eigenvalue weighted by Crippen LogP contribution is 2.35. The van der Waals surface area contributed by atoms with Gasteiger partial charge in [0.25, 0.3) is 0 Å². The summed E-state index contributed by atoms with van der Waals surface area (Å²) >= 11 is 0. The molecule has 0 saturated carbocycles. The Morgan fingerprint density at radius 2 is 1.83 bits per heavy atom. The van der Waals surface area contributed by atoms with Gasteiger partial charge in [-0.15, -0.1) is 0 Å². The normalized spacial score (nSPS) is 12.0. The molecule has 0 radical (unpaired) electrons. The van der Waals surface area contributed by atoms with Crippen LogP contribution in [0.2, 0.25) is 0 Å². The van der Waals surface area contributed by atoms with Crippen LogP contribution in [0.4, 0.5) is 0 Å². The molecule has 124 valence electrons. The van der Waals surface area contributed by atoms with Crippen molar-refractivity contribution in [2.45, 2.75) is 19.4 Å². The molecule has 0 N–H and O–H groups in total. The maximum absolute atomic E-state index is 5.54. The van der Waals surface area contributed by atoms with Crippen LogP contribution in [0.1, 0.15) is 24.9 Å². The van der Waals surface area contributed by atoms with E-state index >= 15 is 0 Å². The highest BCUT2D eigenvalue weighted by Gasteiger charge is 2.19. The van der Waals surface area contributed by atoms with E-state index in [0.29, 0.717) is 0 Å². The molecule has 0 spiro atoms. The molecule has 0 aliphatic rings. The van der Waals surface area contributed by atoms with Crippen LogP contribution in [-0.4, -0.2) is 28.8 Å². The van der Waals surface area contributed by atoms with Gasteiger partial charge in [0.2, 0.25) is 0 Å². The van der Waals surface area contributed by atoms with Gasteiger partial charge in [-0.2, -0.15) is 0 Å². The van der Waals surface area contributed by atoms with Crippen molar-refractivity contribution in [1.29, 1.82) is 0 Å². The van der Waals surface area contributed by atoms with E-state index in [4.69, 9.17) is 9.47 Å². The number of methoxy groups -OCH3 is 2. The Bertz CT molecular complexity index is 799. The van der Waals surface area contributed by atoms with E-state index in [9.17, 15) is 0 Å². The van der Waals surface area contributed by atoms with Gasteiger partial charge in [0.15, 0.2) is 0 Å². The van der Waals surface area contributed by atoms with Crippen LogP contribution in [0.3, 0.4) is 0 Å². The summed E-state index contributed by atoms with van der Waals surface area (Å²) in [4.78, 5) is 8.68. The van der Waals surface area contributed by atoms with Crippen LogP contribution in [0.5, 0.6) is 11.5 Å². The summed E-state index contributed by atoms with van der Waals surface area (Å²) in [7, 11) is 3.30. The monoisotopic (exact) mass is 323 g/mol. The van der Waals surface area contributed by atoms with Crippen molar-refractivity contribution in [1.82, 2.24) is 14.5 Å². The number of hydrogen-bond acceptors (Lipinski definition) is 4. The van der Waals surface area contributed by atoms with E-state index in [2.05, 4.69) is 21.5 Å². The first-order valence-corrected chi connectivity index (χ1v) is 7.93. The second kappa shape index (κ2) is 7.17. The summed E-state index contributed by atoms with van der Waals surface area (Å²) in [6, 6.07) is 10.1. The topological polar surface area (TPSA) is 49.2 Å². The smallest absolute Gasteiger partial charge is 0.144 e. The molecule has 24 heavy (non-hydrogen) atoms. The molecule has 3 rings (SSSR count). The Labute approximate surface area is 141 Å². The van der Waals surface area contributed by atoms with Crippen LogP contribution < -0.4 is 9.47 Å². The second-order valence-corrected chi connectivity index (χ2v) is 5.43. The lowest BCUT2D eigenvalue weighted by Crippen LogP contribution is -2.11. The molecule has 0 fully saturated rings. The van der Waals surface area contributed by atoms with Crippen LogP contribution in [0.25, 0.3) is 11.4 Å². The van der Waals surface area contributed by atoms with Crippen molar-refractivity contribution in [2.24, 2.45) is 0 Å². The van der Waals surface area contributed by atoms with E-state index in [1.165, 1.54) is 5.56 Å². The fraction of sp³-hybridized carbons (Fsp3) is 0.263. The summed E-state index contributed by atoms with van der Waals surface area (Å²) in [5.74, 6) is 2.37. The van der Waals surface area contributed by atoms with Gasteiger partial charge in [0, 0.05) is 30.9 Å². The molecule has 2 heterocycles. The third-order valence-corrected chi connectivity index (χ3v) is 4.13. The van der Waals surface area contributed by atoms with Gasteiger partial charge in [0.1, 0.15) is 17.3 Å². The second-order valence-electron chi connectivity index (χ2n) is 5.43. The van der Waals surface area contributed by atoms with Gasteiger partial charge in [-0.1, -0.05) is 6.92 Å². The van der Waals surface area contributed by atoms with Gasteiger partial charge in [-0.25, -0.2) is 4.98 Å². The molecule has 0 amide bonds. The Kier molecular flexibility index (Phi) is 4.79. The van der Waals surface area contributed by atoms with Crippen molar-refractivity contribution < 1.29 is 9.47 Å². The molecule has 2 aromatic heterocycles. The Morgan fingerprint density at radius 3 is 2.50 bits per heavy atom. The van der Waals surface area contributed by atoms with Crippen molar-refractivity contribution in [3.05, 3.63) is 60.7 Å². The lowest BCUT2D eigenvalue weighted by Gasteiger charge is -2.20. The molecule has 0 bridgehead atoms. The average molecular weight is 323 g/mol. The number of hydrogen-bond donors (Lipinski definition) is 0. The van der Waals surface area contributed by atoms with E-state index in [1.54, 1.807) is 14.2 Å². The van der Waals surface area contributed by atoms with Crippen LogP contribution >= 0.6 is 0 Å². The first kappa shape index (κ1) is 16.1. The highest BCUT2D eigenvalue weighted by molar-refractivity contribution is 5.66. The van der Waals surface area contributed by atoms with E-state index in [0.717, 1.165) is 29.3 Å². The number of ether oxygens (including phenoxy) is 2. The quantitative estimate of drug-likeness (QED) is 0.689. The van der Waals surface area contributed by atoms with Gasteiger partial charge in [-0.05, 0) is 36.2 Å². The van der Waals surface area contributed by atoms with Crippen molar-refractivity contribution in [3.63, 3.8) is 0 Å². The van der Waals surface area contributed by atoms with Crippen molar-refractivity contribution in [3.8, 4) is 22.9 Å². The number of rotatable bonds is 6. The number of imidazole rings is 1. The summed E-state index contributed by atoms with van der Waals surface area (Å²) in [6.07, 6.45) is 8.42. The maximum atomic E-state index is 5.54. The predicted octanol–water partition coefficient (Wildman–Crippen LogP) is 3.96. The number of pyridine rings is 1. The standard InChI is InChI=1S/C19H21N3O2/c1-4-17(14-7-9-20-10-8-14)22-12-11-21-19(22)16-6-5-15(23-2)13-18(16)24-3/h5-13,17H,4H2,1-3H3/t17-/m0/s1. The largest absolute Gasteiger partial charge is 0.497 e. The number of nitrogens with zero attached hydrogens (tertiary/aromatic N) is 3. The molecule has 0 saturated heterocycles. The Balaban J connectivity index is 2.08. The van der Waals surface area contributed by atoms with Crippen LogP contribution in [0, 0.1) is 0 Å². The zero-order valence-corrected chi connectivity index (χ0v) is 14.1. The average Bonchev–Trinajstić information content (AvgIpc) is 3.12. The molecular weight excluding hydrogens is 302 g/mol. The van der Waals surface area contributed by atoms with Crippen molar-refractivity contribution in [2.75, 3.05) is 14.2 Å². The SMILES string of the molecule is CC[C@@H](c1ccncc1)n1ccnc1-c1ccc(OC)cc1OC. The Hall–Kier alpha value is -2.82. The summed E-state index contributed by atoms with van der Waals surface area (Å²) < 4.78 is 13.0. The third-order valence-electron chi connectivity index (χ3n) is 4.13. The summed E-state index contributed by atoms with van der Waals surface area (Å²) in [5, 5.41) is 0. The number of aromatic nitrogens is 3. The first-order chi connectivity index (χ1) is 11.8. The minimum absolute atomic E-state index is 0.192. The zero-order chi connectivity index (χ0) is 16.9. The summed E-state index contributed by atoms with van der Waals surface area (Å²) in [5.41, 5.74) is 2.15. The van der Waals surface area contributed by atoms with Crippen molar-refractivity contribution >= 4 is 0 Å². The highest BCUT2D eigenvalue weighted by atomic mass is 16.5. The maximum Gasteiger partial charge on any atom is 0.144 e. The third kappa shape index (κ3) is 2.97. The molecule has 5 nitrogen and oxygen atoms in total. The van der Waals surface area contributed by atoms with Gasteiger partial charge in [0.05, 0.1) is 25.8 Å². The Morgan fingerprint density at radius 1 is 1.04 bits per heavy atom. The molecule has 5 heteroatoms. The van der Waals surface area contributed by atoms with E-state index < -0.39 is 0 Å². The molecule has 0 unspecified atom stereocenters. The minimum atomic E-state index is 0.192. The minimum Gasteiger partial charge on any atom is -0.497 e. The summed E-state index contributed by atoms with van der Waals surface area (Å²) in [6.45, 7) is 2.17. The molecule has 3 aromatic rings. The molecule has 1 aromatic carbocycles. The molecule has 0 aliphatic carbocycles. The predicted molar refractivity (Wildman–Crippen MR) is 93.4 cm³/mol. The van der Waals surface area contributed by atoms with Gasteiger partial charge in [-0.3, -0.25) is 4.98 Å². The molecular formula is C19H21N3O2. The van der Waals surface area contributed by atoms with E-state index in [-0.39, 0.29) is 6.04 Å². The van der Waals surface area contributed by atoms with E-state index in [1.807, 2.05) is 55.1 Å². The van der Waals surface area contributed by atoms with Gasteiger partial charge < -0.3 is 14.0 Å². The van der Waals surface area contributed by atoms with Gasteiger partial charge >= 0.3 is 0 Å². The molecule has 1 atom stereocenters. The number of benzene rings is 1. The lowest BCUT2D eigenvalue weighted by molar-refractivity contribution is 0.395. The van der Waals surface area contributed by atoms with Crippen LogP contribution in [-0.2, 0) is 0 Å². The fourth-order valence-electron chi connectivity index (χ4n) is 2.93. The first-order valence-electron chi connectivity index (χ1n) is 7.93. The van der Waals surface area contributed by atoms with Crippen LogP contribution in [0.15, 0.2) is 55.1 Å². The molecule has 0 aliphatic heterocycles.